The molecule has 1 saturated heterocycles. The molecule has 0 bridgehead atoms. The normalized spacial score (nSPS) is 18.4. The SMILES string of the molecule is CCCCN(C)CCN=C(NCC)N1CCCC(CC(N)=O)C1.I. The molecule has 0 aliphatic carbocycles. The van der Waals surface area contributed by atoms with Crippen LogP contribution < -0.4 is 11.1 Å². The first kappa shape index (κ1) is 23.4. The van der Waals surface area contributed by atoms with Crippen molar-refractivity contribution in [1.29, 1.82) is 0 Å². The Labute approximate surface area is 164 Å². The second-order valence-electron chi connectivity index (χ2n) is 6.52. The maximum atomic E-state index is 11.2. The van der Waals surface area contributed by atoms with Crippen LogP contribution in [0.2, 0.25) is 0 Å². The highest BCUT2D eigenvalue weighted by Crippen LogP contribution is 2.19. The second kappa shape index (κ2) is 13.7. The van der Waals surface area contributed by atoms with E-state index in [2.05, 4.69) is 36.0 Å². The van der Waals surface area contributed by atoms with E-state index < -0.39 is 0 Å². The number of hydrogen-bond acceptors (Lipinski definition) is 3. The summed E-state index contributed by atoms with van der Waals surface area (Å²) in [5.41, 5.74) is 5.35. The molecule has 1 heterocycles. The third-order valence-corrected chi connectivity index (χ3v) is 4.28. The van der Waals surface area contributed by atoms with Gasteiger partial charge in [0.05, 0.1) is 6.54 Å². The van der Waals surface area contributed by atoms with Crippen LogP contribution in [-0.2, 0) is 4.79 Å². The number of hydrogen-bond donors (Lipinski definition) is 2. The maximum absolute atomic E-state index is 11.2. The number of carbonyl (C=O) groups excluding carboxylic acids is 1. The number of carbonyl (C=O) groups is 1. The van der Waals surface area contributed by atoms with E-state index in [1.165, 1.54) is 12.8 Å². The number of unbranched alkanes of at least 4 members (excludes halogenated alkanes) is 1. The van der Waals surface area contributed by atoms with Crippen molar-refractivity contribution >= 4 is 35.8 Å². The standard InChI is InChI=1S/C17H35N5O.HI/c1-4-6-10-21(3)12-9-20-17(19-5-2)22-11-7-8-15(14-22)13-16(18)23;/h15H,4-14H2,1-3H3,(H2,18,23)(H,19,20);1H. The van der Waals surface area contributed by atoms with E-state index in [0.717, 1.165) is 58.1 Å². The first-order valence-electron chi connectivity index (χ1n) is 9.06. The quantitative estimate of drug-likeness (QED) is 0.318. The molecule has 0 aromatic heterocycles. The Morgan fingerprint density at radius 2 is 2.12 bits per heavy atom. The fourth-order valence-corrected chi connectivity index (χ4v) is 3.00. The summed E-state index contributed by atoms with van der Waals surface area (Å²) in [6, 6.07) is 0. The van der Waals surface area contributed by atoms with Gasteiger partial charge in [-0.3, -0.25) is 9.79 Å². The highest BCUT2D eigenvalue weighted by molar-refractivity contribution is 14.0. The van der Waals surface area contributed by atoms with Gasteiger partial charge in [-0.05, 0) is 45.7 Å². The molecule has 0 spiro atoms. The number of nitrogens with one attached hydrogen (secondary N) is 1. The molecule has 1 rings (SSSR count). The molecule has 0 radical (unpaired) electrons. The average Bonchev–Trinajstić information content (AvgIpc) is 2.51. The number of nitrogens with two attached hydrogens (primary N) is 1. The summed E-state index contributed by atoms with van der Waals surface area (Å²) in [6.45, 7) is 9.97. The van der Waals surface area contributed by atoms with Gasteiger partial charge in [-0.1, -0.05) is 13.3 Å². The molecule has 1 atom stereocenters. The van der Waals surface area contributed by atoms with Gasteiger partial charge in [0.2, 0.25) is 5.91 Å². The Bertz CT molecular complexity index is 378. The summed E-state index contributed by atoms with van der Waals surface area (Å²) in [5.74, 6) is 1.14. The molecule has 1 aliphatic rings. The molecule has 0 saturated carbocycles. The number of guanidine groups is 1. The van der Waals surface area contributed by atoms with Gasteiger partial charge in [-0.2, -0.15) is 0 Å². The molecule has 1 fully saturated rings. The van der Waals surface area contributed by atoms with Gasteiger partial charge < -0.3 is 20.9 Å². The van der Waals surface area contributed by atoms with Gasteiger partial charge in [0, 0.05) is 32.6 Å². The summed E-state index contributed by atoms with van der Waals surface area (Å²) < 4.78 is 0. The predicted octanol–water partition coefficient (Wildman–Crippen LogP) is 1.89. The Morgan fingerprint density at radius 1 is 1.38 bits per heavy atom. The average molecular weight is 453 g/mol. The number of likely N-dealkylation sites (tertiary alicyclic amines) is 1. The van der Waals surface area contributed by atoms with Crippen LogP contribution in [0.3, 0.4) is 0 Å². The number of rotatable bonds is 9. The highest BCUT2D eigenvalue weighted by Gasteiger charge is 2.23. The zero-order valence-electron chi connectivity index (χ0n) is 15.6. The predicted molar refractivity (Wildman–Crippen MR) is 112 cm³/mol. The number of primary amides is 1. The summed E-state index contributed by atoms with van der Waals surface area (Å²) >= 11 is 0. The minimum Gasteiger partial charge on any atom is -0.370 e. The van der Waals surface area contributed by atoms with E-state index in [4.69, 9.17) is 10.7 Å². The minimum atomic E-state index is -0.198. The van der Waals surface area contributed by atoms with Gasteiger partial charge >= 0.3 is 0 Å². The van der Waals surface area contributed by atoms with Gasteiger partial charge in [0.1, 0.15) is 0 Å². The monoisotopic (exact) mass is 453 g/mol. The van der Waals surface area contributed by atoms with Crippen LogP contribution in [0.1, 0.15) is 46.0 Å². The number of likely N-dealkylation sites (N-methyl/N-ethyl adjacent to an activating group) is 1. The van der Waals surface area contributed by atoms with Crippen molar-refractivity contribution in [2.24, 2.45) is 16.6 Å². The third kappa shape index (κ3) is 9.66. The van der Waals surface area contributed by atoms with Crippen LogP contribution in [0.15, 0.2) is 4.99 Å². The lowest BCUT2D eigenvalue weighted by Gasteiger charge is -2.34. The number of amides is 1. The smallest absolute Gasteiger partial charge is 0.217 e. The van der Waals surface area contributed by atoms with Crippen molar-refractivity contribution in [2.45, 2.75) is 46.0 Å². The fraction of sp³-hybridized carbons (Fsp3) is 0.882. The Balaban J connectivity index is 0.00000529. The summed E-state index contributed by atoms with van der Waals surface area (Å²) in [6.07, 6.45) is 5.12. The third-order valence-electron chi connectivity index (χ3n) is 4.28. The van der Waals surface area contributed by atoms with Crippen molar-refractivity contribution in [3.8, 4) is 0 Å². The molecule has 7 heteroatoms. The molecule has 1 unspecified atom stereocenters. The largest absolute Gasteiger partial charge is 0.370 e. The molecule has 1 amide bonds. The lowest BCUT2D eigenvalue weighted by Crippen LogP contribution is -2.47. The van der Waals surface area contributed by atoms with Gasteiger partial charge in [-0.25, -0.2) is 0 Å². The van der Waals surface area contributed by atoms with E-state index in [9.17, 15) is 4.79 Å². The number of piperidine rings is 1. The first-order valence-corrected chi connectivity index (χ1v) is 9.06. The highest BCUT2D eigenvalue weighted by atomic mass is 127. The topological polar surface area (TPSA) is 74.0 Å². The Morgan fingerprint density at radius 3 is 2.75 bits per heavy atom. The van der Waals surface area contributed by atoms with Crippen molar-refractivity contribution in [3.05, 3.63) is 0 Å². The fourth-order valence-electron chi connectivity index (χ4n) is 3.00. The zero-order chi connectivity index (χ0) is 17.1. The van der Waals surface area contributed by atoms with Gasteiger partial charge in [0.15, 0.2) is 5.96 Å². The number of halogens is 1. The van der Waals surface area contributed by atoms with Crippen LogP contribution in [0, 0.1) is 5.92 Å². The van der Waals surface area contributed by atoms with Crippen LogP contribution in [-0.4, -0.2) is 68.0 Å². The first-order chi connectivity index (χ1) is 11.1. The van der Waals surface area contributed by atoms with Crippen molar-refractivity contribution in [1.82, 2.24) is 15.1 Å². The van der Waals surface area contributed by atoms with Crippen LogP contribution in [0.4, 0.5) is 0 Å². The molecular formula is C17H36IN5O. The van der Waals surface area contributed by atoms with E-state index >= 15 is 0 Å². The van der Waals surface area contributed by atoms with Crippen molar-refractivity contribution in [3.63, 3.8) is 0 Å². The Kier molecular flexibility index (Phi) is 13.4. The lowest BCUT2D eigenvalue weighted by atomic mass is 9.95. The van der Waals surface area contributed by atoms with E-state index in [0.29, 0.717) is 12.3 Å². The van der Waals surface area contributed by atoms with E-state index in [-0.39, 0.29) is 29.9 Å². The number of aliphatic imine (C=N–C) groups is 1. The molecule has 1 aliphatic heterocycles. The molecular weight excluding hydrogens is 417 g/mol. The van der Waals surface area contributed by atoms with Crippen LogP contribution in [0.5, 0.6) is 0 Å². The summed E-state index contributed by atoms with van der Waals surface area (Å²) in [7, 11) is 2.15. The second-order valence-corrected chi connectivity index (χ2v) is 6.52. The van der Waals surface area contributed by atoms with E-state index in [1.54, 1.807) is 0 Å². The van der Waals surface area contributed by atoms with E-state index in [1.807, 2.05) is 0 Å². The summed E-state index contributed by atoms with van der Waals surface area (Å²) in [4.78, 5) is 20.5. The zero-order valence-corrected chi connectivity index (χ0v) is 17.9. The van der Waals surface area contributed by atoms with Gasteiger partial charge in [0.25, 0.3) is 0 Å². The van der Waals surface area contributed by atoms with Crippen molar-refractivity contribution < 1.29 is 4.79 Å². The maximum Gasteiger partial charge on any atom is 0.217 e. The van der Waals surface area contributed by atoms with Crippen LogP contribution >= 0.6 is 24.0 Å². The molecule has 0 aromatic rings. The minimum absolute atomic E-state index is 0. The molecule has 24 heavy (non-hydrogen) atoms. The van der Waals surface area contributed by atoms with Gasteiger partial charge in [-0.15, -0.1) is 24.0 Å². The molecule has 3 N–H and O–H groups in total. The Hall–Kier alpha value is -0.570. The van der Waals surface area contributed by atoms with Crippen LogP contribution in [0.25, 0.3) is 0 Å². The molecule has 6 nitrogen and oxygen atoms in total. The van der Waals surface area contributed by atoms with Crippen molar-refractivity contribution in [2.75, 3.05) is 46.3 Å². The number of nitrogens with zero attached hydrogens (tertiary/aromatic N) is 3. The summed E-state index contributed by atoms with van der Waals surface area (Å²) in [5, 5.41) is 3.38. The lowest BCUT2D eigenvalue weighted by molar-refractivity contribution is -0.119. The molecule has 0 aromatic carbocycles. The molecule has 142 valence electrons.